The van der Waals surface area contributed by atoms with Gasteiger partial charge in [0.1, 0.15) is 17.4 Å². The Morgan fingerprint density at radius 2 is 2.12 bits per heavy atom. The van der Waals surface area contributed by atoms with Gasteiger partial charge in [-0.1, -0.05) is 18.2 Å². The number of aromatic nitrogens is 2. The highest BCUT2D eigenvalue weighted by molar-refractivity contribution is 5.84. The van der Waals surface area contributed by atoms with Crippen molar-refractivity contribution >= 4 is 22.6 Å². The van der Waals surface area contributed by atoms with Gasteiger partial charge >= 0.3 is 0 Å². The quantitative estimate of drug-likeness (QED) is 0.729. The van der Waals surface area contributed by atoms with Gasteiger partial charge in [0.2, 0.25) is 5.91 Å². The van der Waals surface area contributed by atoms with Crippen LogP contribution in [-0.4, -0.2) is 21.7 Å². The maximum Gasteiger partial charge on any atom is 0.242 e. The van der Waals surface area contributed by atoms with Gasteiger partial charge in [0.25, 0.3) is 0 Å². The van der Waals surface area contributed by atoms with E-state index in [-0.39, 0.29) is 18.0 Å². The Hall–Kier alpha value is -2.76. The van der Waals surface area contributed by atoms with Crippen molar-refractivity contribution in [1.82, 2.24) is 15.1 Å². The van der Waals surface area contributed by atoms with Gasteiger partial charge in [-0.05, 0) is 32.9 Å². The minimum Gasteiger partial charge on any atom is -0.459 e. The van der Waals surface area contributed by atoms with Gasteiger partial charge in [0.05, 0.1) is 17.9 Å². The molecule has 0 saturated heterocycles. The number of fused-ring (bicyclic) bond motifs is 1. The standard InChI is InChI=1S/C18H22N4O2/c1-4-22-11-15(10-19-22)20-13(3)18(23)21-12(2)17-9-14-7-5-6-8-16(14)24-17/h5-13,20H,4H2,1-3H3,(H,21,23)/t12-,13-/m0/s1. The highest BCUT2D eigenvalue weighted by atomic mass is 16.3. The molecule has 0 bridgehead atoms. The second-order valence-corrected chi connectivity index (χ2v) is 5.87. The van der Waals surface area contributed by atoms with Crippen molar-refractivity contribution in [3.05, 3.63) is 48.5 Å². The Labute approximate surface area is 140 Å². The molecule has 24 heavy (non-hydrogen) atoms. The Bertz CT molecular complexity index is 803. The molecule has 0 unspecified atom stereocenters. The molecule has 0 saturated carbocycles. The lowest BCUT2D eigenvalue weighted by Gasteiger charge is -2.17. The van der Waals surface area contributed by atoms with Crippen LogP contribution in [0.1, 0.15) is 32.6 Å². The van der Waals surface area contributed by atoms with E-state index in [9.17, 15) is 4.79 Å². The number of nitrogens with one attached hydrogen (secondary N) is 2. The number of anilines is 1. The molecule has 1 amide bonds. The van der Waals surface area contributed by atoms with Crippen LogP contribution >= 0.6 is 0 Å². The molecule has 2 heterocycles. The van der Waals surface area contributed by atoms with E-state index in [0.29, 0.717) is 0 Å². The SMILES string of the molecule is CCn1cc(N[C@@H](C)C(=O)N[C@@H](C)c2cc3ccccc3o2)cn1. The number of carbonyl (C=O) groups is 1. The van der Waals surface area contributed by atoms with E-state index >= 15 is 0 Å². The summed E-state index contributed by atoms with van der Waals surface area (Å²) in [5, 5.41) is 11.4. The molecule has 3 aromatic rings. The van der Waals surface area contributed by atoms with Crippen LogP contribution in [0.3, 0.4) is 0 Å². The normalized spacial score (nSPS) is 13.6. The second-order valence-electron chi connectivity index (χ2n) is 5.87. The Balaban J connectivity index is 1.62. The van der Waals surface area contributed by atoms with Crippen molar-refractivity contribution in [2.75, 3.05) is 5.32 Å². The summed E-state index contributed by atoms with van der Waals surface area (Å²) in [6, 6.07) is 9.20. The number of benzene rings is 1. The lowest BCUT2D eigenvalue weighted by molar-refractivity contribution is -0.122. The van der Waals surface area contributed by atoms with Gasteiger partial charge in [0, 0.05) is 18.1 Å². The van der Waals surface area contributed by atoms with Crippen LogP contribution in [0.25, 0.3) is 11.0 Å². The summed E-state index contributed by atoms with van der Waals surface area (Å²) in [6.07, 6.45) is 3.60. The predicted molar refractivity (Wildman–Crippen MR) is 93.8 cm³/mol. The lowest BCUT2D eigenvalue weighted by Crippen LogP contribution is -2.38. The smallest absolute Gasteiger partial charge is 0.242 e. The van der Waals surface area contributed by atoms with Crippen molar-refractivity contribution in [1.29, 1.82) is 0 Å². The van der Waals surface area contributed by atoms with Gasteiger partial charge in [-0.3, -0.25) is 9.48 Å². The van der Waals surface area contributed by atoms with Crippen molar-refractivity contribution in [2.45, 2.75) is 39.4 Å². The number of amides is 1. The number of carbonyl (C=O) groups excluding carboxylic acids is 1. The van der Waals surface area contributed by atoms with Gasteiger partial charge in [-0.2, -0.15) is 5.10 Å². The Kier molecular flexibility index (Phi) is 4.55. The zero-order chi connectivity index (χ0) is 17.1. The number of furan rings is 1. The number of para-hydroxylation sites is 1. The van der Waals surface area contributed by atoms with Crippen LogP contribution in [-0.2, 0) is 11.3 Å². The summed E-state index contributed by atoms with van der Waals surface area (Å²) in [6.45, 7) is 6.55. The molecule has 0 aliphatic heterocycles. The fraction of sp³-hybridized carbons (Fsp3) is 0.333. The van der Waals surface area contributed by atoms with Crippen LogP contribution in [0.5, 0.6) is 0 Å². The third-order valence-corrected chi connectivity index (χ3v) is 3.96. The van der Waals surface area contributed by atoms with Crippen LogP contribution < -0.4 is 10.6 Å². The number of aryl methyl sites for hydroxylation is 1. The van der Waals surface area contributed by atoms with E-state index in [1.54, 1.807) is 6.20 Å². The zero-order valence-electron chi connectivity index (χ0n) is 14.1. The number of rotatable bonds is 6. The zero-order valence-corrected chi connectivity index (χ0v) is 14.1. The van der Waals surface area contributed by atoms with Crippen LogP contribution in [0.2, 0.25) is 0 Å². The van der Waals surface area contributed by atoms with Gasteiger partial charge in [-0.15, -0.1) is 0 Å². The monoisotopic (exact) mass is 326 g/mol. The summed E-state index contributed by atoms with van der Waals surface area (Å²) >= 11 is 0. The van der Waals surface area contributed by atoms with E-state index in [1.807, 2.05) is 62.0 Å². The van der Waals surface area contributed by atoms with E-state index in [4.69, 9.17) is 4.42 Å². The van der Waals surface area contributed by atoms with Crippen molar-refractivity contribution in [3.63, 3.8) is 0 Å². The molecule has 2 atom stereocenters. The van der Waals surface area contributed by atoms with E-state index in [0.717, 1.165) is 29.0 Å². The van der Waals surface area contributed by atoms with Crippen LogP contribution in [0, 0.1) is 0 Å². The molecule has 0 radical (unpaired) electrons. The molecule has 2 N–H and O–H groups in total. The van der Waals surface area contributed by atoms with E-state index in [1.165, 1.54) is 0 Å². The van der Waals surface area contributed by atoms with Crippen molar-refractivity contribution in [2.24, 2.45) is 0 Å². The molecular formula is C18H22N4O2. The largest absolute Gasteiger partial charge is 0.459 e. The Morgan fingerprint density at radius 3 is 2.83 bits per heavy atom. The molecule has 1 aromatic carbocycles. The van der Waals surface area contributed by atoms with E-state index in [2.05, 4.69) is 15.7 Å². The molecule has 0 aliphatic carbocycles. The first kappa shape index (κ1) is 16.1. The number of nitrogens with zero attached hydrogens (tertiary/aromatic N) is 2. The first-order valence-corrected chi connectivity index (χ1v) is 8.14. The topological polar surface area (TPSA) is 72.1 Å². The first-order valence-electron chi connectivity index (χ1n) is 8.14. The summed E-state index contributed by atoms with van der Waals surface area (Å²) in [7, 11) is 0. The van der Waals surface area contributed by atoms with Crippen molar-refractivity contribution < 1.29 is 9.21 Å². The van der Waals surface area contributed by atoms with Crippen LogP contribution in [0.15, 0.2) is 47.1 Å². The third kappa shape index (κ3) is 3.42. The molecule has 0 fully saturated rings. The summed E-state index contributed by atoms with van der Waals surface area (Å²) in [5.74, 6) is 0.655. The fourth-order valence-electron chi connectivity index (χ4n) is 2.55. The van der Waals surface area contributed by atoms with Gasteiger partial charge in [0.15, 0.2) is 0 Å². The predicted octanol–water partition coefficient (Wildman–Crippen LogP) is 3.33. The number of hydrogen-bond donors (Lipinski definition) is 2. The molecule has 6 heteroatoms. The lowest BCUT2D eigenvalue weighted by atomic mass is 10.2. The second kappa shape index (κ2) is 6.78. The summed E-state index contributed by atoms with van der Waals surface area (Å²) in [5.41, 5.74) is 1.66. The van der Waals surface area contributed by atoms with Crippen molar-refractivity contribution in [3.8, 4) is 0 Å². The molecule has 2 aromatic heterocycles. The average molecular weight is 326 g/mol. The molecule has 0 spiro atoms. The van der Waals surface area contributed by atoms with Crippen LogP contribution in [0.4, 0.5) is 5.69 Å². The molecule has 3 rings (SSSR count). The molecule has 6 nitrogen and oxygen atoms in total. The minimum absolute atomic E-state index is 0.0906. The molecular weight excluding hydrogens is 304 g/mol. The van der Waals surface area contributed by atoms with Gasteiger partial charge < -0.3 is 15.1 Å². The van der Waals surface area contributed by atoms with Gasteiger partial charge in [-0.25, -0.2) is 0 Å². The highest BCUT2D eigenvalue weighted by Gasteiger charge is 2.18. The maximum absolute atomic E-state index is 12.4. The third-order valence-electron chi connectivity index (χ3n) is 3.96. The first-order chi connectivity index (χ1) is 11.6. The van der Waals surface area contributed by atoms with E-state index < -0.39 is 0 Å². The summed E-state index contributed by atoms with van der Waals surface area (Å²) in [4.78, 5) is 12.4. The fourth-order valence-corrected chi connectivity index (χ4v) is 2.55. The molecule has 126 valence electrons. The average Bonchev–Trinajstić information content (AvgIpc) is 3.20. The summed E-state index contributed by atoms with van der Waals surface area (Å²) < 4.78 is 7.61. The molecule has 0 aliphatic rings. The maximum atomic E-state index is 12.4. The Morgan fingerprint density at radius 1 is 1.33 bits per heavy atom. The minimum atomic E-state index is -0.369. The number of hydrogen-bond acceptors (Lipinski definition) is 4. The highest BCUT2D eigenvalue weighted by Crippen LogP contribution is 2.23.